The molecule has 0 saturated carbocycles. The lowest BCUT2D eigenvalue weighted by molar-refractivity contribution is -0.128. The monoisotopic (exact) mass is 402 g/mol. The largest absolute Gasteiger partial charge is 0.338 e. The lowest BCUT2D eigenvalue weighted by atomic mass is 10.1. The van der Waals surface area contributed by atoms with E-state index in [0.717, 1.165) is 16.1 Å². The van der Waals surface area contributed by atoms with Gasteiger partial charge in [0.25, 0.3) is 0 Å². The summed E-state index contributed by atoms with van der Waals surface area (Å²) in [6.45, 7) is 2.04. The van der Waals surface area contributed by atoms with Gasteiger partial charge in [0, 0.05) is 11.9 Å². The number of aromatic nitrogens is 3. The molecule has 29 heavy (non-hydrogen) atoms. The van der Waals surface area contributed by atoms with Gasteiger partial charge in [-0.25, -0.2) is 9.67 Å². The van der Waals surface area contributed by atoms with Crippen LogP contribution in [0, 0.1) is 0 Å². The zero-order valence-corrected chi connectivity index (χ0v) is 17.2. The first kappa shape index (κ1) is 19.2. The Hall–Kier alpha value is -3.12. The van der Waals surface area contributed by atoms with Crippen molar-refractivity contribution in [2.24, 2.45) is 0 Å². The molecule has 0 radical (unpaired) electrons. The molecule has 0 bridgehead atoms. The number of rotatable bonds is 6. The van der Waals surface area contributed by atoms with E-state index >= 15 is 0 Å². The molecule has 0 saturated heterocycles. The van der Waals surface area contributed by atoms with E-state index in [-0.39, 0.29) is 11.9 Å². The Labute approximate surface area is 174 Å². The van der Waals surface area contributed by atoms with Crippen molar-refractivity contribution in [3.63, 3.8) is 0 Å². The van der Waals surface area contributed by atoms with E-state index < -0.39 is 0 Å². The number of thioether (sulfide) groups is 1. The first-order valence-corrected chi connectivity index (χ1v) is 10.4. The van der Waals surface area contributed by atoms with Crippen LogP contribution in [0.25, 0.3) is 16.5 Å². The fraction of sp³-hybridized carbons (Fsp3) is 0.174. The first-order chi connectivity index (χ1) is 14.1. The number of hydrogen-bond donors (Lipinski definition) is 0. The molecule has 0 aliphatic heterocycles. The second-order valence-corrected chi connectivity index (χ2v) is 7.96. The van der Waals surface area contributed by atoms with E-state index in [1.165, 1.54) is 17.1 Å². The van der Waals surface area contributed by atoms with Gasteiger partial charge in [-0.1, -0.05) is 42.5 Å². The lowest BCUT2D eigenvalue weighted by Gasteiger charge is -2.25. The molecule has 3 aromatic carbocycles. The van der Waals surface area contributed by atoms with Crippen molar-refractivity contribution >= 4 is 28.4 Å². The molecule has 1 atom stereocenters. The fourth-order valence-electron chi connectivity index (χ4n) is 3.19. The van der Waals surface area contributed by atoms with Gasteiger partial charge >= 0.3 is 0 Å². The van der Waals surface area contributed by atoms with Crippen molar-refractivity contribution in [2.75, 3.05) is 12.8 Å². The van der Waals surface area contributed by atoms with Crippen molar-refractivity contribution in [1.29, 1.82) is 0 Å². The number of fused-ring (bicyclic) bond motifs is 1. The van der Waals surface area contributed by atoms with Gasteiger partial charge in [-0.05, 0) is 47.5 Å². The van der Waals surface area contributed by atoms with Gasteiger partial charge in [-0.15, -0.1) is 11.8 Å². The predicted octanol–water partition coefficient (Wildman–Crippen LogP) is 4.73. The SMILES string of the molecule is C[C@@H](c1ccc(-n2cncn2)cc1)N(C)C(=O)CSc1ccc2ccccc2c1. The van der Waals surface area contributed by atoms with Crippen molar-refractivity contribution in [1.82, 2.24) is 19.7 Å². The number of nitrogens with zero attached hydrogens (tertiary/aromatic N) is 4. The third-order valence-electron chi connectivity index (χ3n) is 5.12. The lowest BCUT2D eigenvalue weighted by Crippen LogP contribution is -2.31. The van der Waals surface area contributed by atoms with Crippen LogP contribution in [0.15, 0.2) is 84.3 Å². The van der Waals surface area contributed by atoms with Gasteiger partial charge in [-0.2, -0.15) is 5.10 Å². The highest BCUT2D eigenvalue weighted by atomic mass is 32.2. The predicted molar refractivity (Wildman–Crippen MR) is 117 cm³/mol. The van der Waals surface area contributed by atoms with Crippen LogP contribution in [0.2, 0.25) is 0 Å². The van der Waals surface area contributed by atoms with Crippen LogP contribution < -0.4 is 0 Å². The fourth-order valence-corrected chi connectivity index (χ4v) is 4.06. The minimum absolute atomic E-state index is 0.00972. The van der Waals surface area contributed by atoms with Gasteiger partial charge < -0.3 is 4.90 Å². The molecule has 146 valence electrons. The summed E-state index contributed by atoms with van der Waals surface area (Å²) in [4.78, 5) is 19.6. The summed E-state index contributed by atoms with van der Waals surface area (Å²) < 4.78 is 1.71. The highest BCUT2D eigenvalue weighted by Gasteiger charge is 2.17. The zero-order chi connectivity index (χ0) is 20.2. The number of carbonyl (C=O) groups excluding carboxylic acids is 1. The molecule has 0 N–H and O–H groups in total. The quantitative estimate of drug-likeness (QED) is 0.438. The topological polar surface area (TPSA) is 51.0 Å². The number of amides is 1. The normalized spacial score (nSPS) is 12.1. The molecule has 0 spiro atoms. The van der Waals surface area contributed by atoms with Crippen LogP contribution in [0.4, 0.5) is 0 Å². The minimum atomic E-state index is -0.00972. The van der Waals surface area contributed by atoms with Crippen LogP contribution in [-0.4, -0.2) is 38.4 Å². The molecular weight excluding hydrogens is 380 g/mol. The summed E-state index contributed by atoms with van der Waals surface area (Å²) in [6, 6.07) is 22.6. The molecule has 0 unspecified atom stereocenters. The first-order valence-electron chi connectivity index (χ1n) is 9.44. The van der Waals surface area contributed by atoms with Gasteiger partial charge in [-0.3, -0.25) is 4.79 Å². The van der Waals surface area contributed by atoms with Gasteiger partial charge in [0.15, 0.2) is 0 Å². The van der Waals surface area contributed by atoms with E-state index in [1.807, 2.05) is 50.4 Å². The Morgan fingerprint density at radius 3 is 2.55 bits per heavy atom. The minimum Gasteiger partial charge on any atom is -0.338 e. The highest BCUT2D eigenvalue weighted by molar-refractivity contribution is 8.00. The van der Waals surface area contributed by atoms with Crippen LogP contribution in [-0.2, 0) is 4.79 Å². The van der Waals surface area contributed by atoms with Crippen molar-refractivity contribution < 1.29 is 4.79 Å². The summed E-state index contributed by atoms with van der Waals surface area (Å²) in [5.74, 6) is 0.520. The number of benzene rings is 3. The number of carbonyl (C=O) groups is 1. The highest BCUT2D eigenvalue weighted by Crippen LogP contribution is 2.26. The summed E-state index contributed by atoms with van der Waals surface area (Å²) in [5.41, 5.74) is 2.03. The molecule has 4 aromatic rings. The van der Waals surface area contributed by atoms with Gasteiger partial charge in [0.2, 0.25) is 5.91 Å². The Bertz CT molecular complexity index is 1110. The van der Waals surface area contributed by atoms with E-state index in [2.05, 4.69) is 40.4 Å². The molecule has 0 fully saturated rings. The van der Waals surface area contributed by atoms with Gasteiger partial charge in [0.05, 0.1) is 17.5 Å². The summed E-state index contributed by atoms with van der Waals surface area (Å²) in [5, 5.41) is 6.54. The van der Waals surface area contributed by atoms with Crippen LogP contribution in [0.5, 0.6) is 0 Å². The molecule has 4 rings (SSSR count). The van der Waals surface area contributed by atoms with E-state index in [4.69, 9.17) is 0 Å². The average molecular weight is 403 g/mol. The Morgan fingerprint density at radius 1 is 1.07 bits per heavy atom. The summed E-state index contributed by atoms with van der Waals surface area (Å²) >= 11 is 1.58. The van der Waals surface area contributed by atoms with Crippen molar-refractivity contribution in [2.45, 2.75) is 17.9 Å². The van der Waals surface area contributed by atoms with Crippen LogP contribution in [0.1, 0.15) is 18.5 Å². The van der Waals surface area contributed by atoms with E-state index in [9.17, 15) is 4.79 Å². The van der Waals surface area contributed by atoms with Gasteiger partial charge in [0.1, 0.15) is 12.7 Å². The maximum Gasteiger partial charge on any atom is 0.233 e. The van der Waals surface area contributed by atoms with Crippen LogP contribution >= 0.6 is 11.8 Å². The van der Waals surface area contributed by atoms with E-state index in [0.29, 0.717) is 5.75 Å². The average Bonchev–Trinajstić information content (AvgIpc) is 3.31. The van der Waals surface area contributed by atoms with Crippen LogP contribution in [0.3, 0.4) is 0 Å². The molecule has 1 amide bonds. The zero-order valence-electron chi connectivity index (χ0n) is 16.4. The van der Waals surface area contributed by atoms with Crippen molar-refractivity contribution in [3.8, 4) is 5.69 Å². The molecule has 1 aromatic heterocycles. The standard InChI is InChI=1S/C23H22N4OS/c1-17(18-7-10-21(11-8-18)27-16-24-15-25-27)26(2)23(28)14-29-22-12-9-19-5-3-4-6-20(19)13-22/h3-13,15-17H,14H2,1-2H3/t17-/m0/s1. The molecule has 5 nitrogen and oxygen atoms in total. The second kappa shape index (κ2) is 8.49. The summed E-state index contributed by atoms with van der Waals surface area (Å²) in [6.07, 6.45) is 3.17. The molecule has 0 aliphatic carbocycles. The Balaban J connectivity index is 1.38. The third kappa shape index (κ3) is 4.32. The maximum atomic E-state index is 12.7. The molecule has 1 heterocycles. The molecular formula is C23H22N4OS. The third-order valence-corrected chi connectivity index (χ3v) is 6.09. The van der Waals surface area contributed by atoms with Crippen molar-refractivity contribution in [3.05, 3.63) is 84.9 Å². The number of hydrogen-bond acceptors (Lipinski definition) is 4. The molecule has 0 aliphatic rings. The second-order valence-electron chi connectivity index (χ2n) is 6.91. The maximum absolute atomic E-state index is 12.7. The van der Waals surface area contributed by atoms with E-state index in [1.54, 1.807) is 27.7 Å². The Morgan fingerprint density at radius 2 is 1.83 bits per heavy atom. The smallest absolute Gasteiger partial charge is 0.233 e. The summed E-state index contributed by atoms with van der Waals surface area (Å²) in [7, 11) is 1.86. The molecule has 6 heteroatoms. The Kier molecular flexibility index (Phi) is 5.62.